The topological polar surface area (TPSA) is 57.6 Å². The molecule has 0 saturated heterocycles. The van der Waals surface area contributed by atoms with Crippen LogP contribution in [0.2, 0.25) is 0 Å². The van der Waals surface area contributed by atoms with Crippen LogP contribution < -0.4 is 4.90 Å². The standard InChI is InChI=1S/C23H17BrFNO3/c24-17-12-7-13-18-19(17)23(29,21(25)20(27)16-10-5-2-6-11-16)22(28)26(18)14-15-8-3-1-4-9-15/h1-13,21,29H,14H2/t21-,23-/m1/s1. The van der Waals surface area contributed by atoms with Crippen LogP contribution in [-0.4, -0.2) is 23.0 Å². The largest absolute Gasteiger partial charge is 0.373 e. The normalized spacial score (nSPS) is 19.1. The molecule has 6 heteroatoms. The van der Waals surface area contributed by atoms with Gasteiger partial charge in [-0.1, -0.05) is 82.7 Å². The molecule has 1 amide bonds. The summed E-state index contributed by atoms with van der Waals surface area (Å²) in [5.41, 5.74) is -1.26. The van der Waals surface area contributed by atoms with Gasteiger partial charge in [-0.25, -0.2) is 4.39 Å². The van der Waals surface area contributed by atoms with Crippen molar-refractivity contribution in [3.63, 3.8) is 0 Å². The molecule has 0 saturated carbocycles. The minimum absolute atomic E-state index is 0.0673. The smallest absolute Gasteiger partial charge is 0.267 e. The lowest BCUT2D eigenvalue weighted by Gasteiger charge is -2.26. The Balaban J connectivity index is 1.79. The molecule has 0 aliphatic carbocycles. The highest BCUT2D eigenvalue weighted by atomic mass is 79.9. The second kappa shape index (κ2) is 7.54. The average Bonchev–Trinajstić information content (AvgIpc) is 2.97. The summed E-state index contributed by atoms with van der Waals surface area (Å²) in [6.45, 7) is 0.150. The van der Waals surface area contributed by atoms with Crippen molar-refractivity contribution in [2.75, 3.05) is 4.90 Å². The zero-order valence-electron chi connectivity index (χ0n) is 15.3. The first-order chi connectivity index (χ1) is 13.9. The average molecular weight is 454 g/mol. The number of amides is 1. The molecule has 146 valence electrons. The summed E-state index contributed by atoms with van der Waals surface area (Å²) in [5.74, 6) is -1.80. The number of aliphatic hydroxyl groups is 1. The molecule has 1 aliphatic heterocycles. The summed E-state index contributed by atoms with van der Waals surface area (Å²) in [4.78, 5) is 27.3. The number of nitrogens with zero attached hydrogens (tertiary/aromatic N) is 1. The van der Waals surface area contributed by atoms with Crippen LogP contribution in [0.4, 0.5) is 10.1 Å². The predicted octanol–water partition coefficient (Wildman–Crippen LogP) is 4.40. The summed E-state index contributed by atoms with van der Waals surface area (Å²) in [6, 6.07) is 22.0. The fourth-order valence-corrected chi connectivity index (χ4v) is 4.29. The fourth-order valence-electron chi connectivity index (χ4n) is 3.63. The van der Waals surface area contributed by atoms with Crippen LogP contribution in [0.3, 0.4) is 0 Å². The lowest BCUT2D eigenvalue weighted by Crippen LogP contribution is -2.50. The van der Waals surface area contributed by atoms with Crippen LogP contribution in [0.5, 0.6) is 0 Å². The lowest BCUT2D eigenvalue weighted by molar-refractivity contribution is -0.141. The maximum Gasteiger partial charge on any atom is 0.267 e. The van der Waals surface area contributed by atoms with Gasteiger partial charge in [-0.2, -0.15) is 0 Å². The van der Waals surface area contributed by atoms with Crippen LogP contribution >= 0.6 is 15.9 Å². The van der Waals surface area contributed by atoms with Crippen LogP contribution in [0.15, 0.2) is 83.3 Å². The van der Waals surface area contributed by atoms with Crippen molar-refractivity contribution < 1.29 is 19.1 Å². The van der Waals surface area contributed by atoms with Crippen molar-refractivity contribution in [2.45, 2.75) is 18.3 Å². The Bertz CT molecular complexity index is 1070. The van der Waals surface area contributed by atoms with Gasteiger partial charge < -0.3 is 10.0 Å². The SMILES string of the molecule is O=C(c1ccccc1)[C@@H](F)[C@@]1(O)C(=O)N(Cc2ccccc2)c2cccc(Br)c21. The van der Waals surface area contributed by atoms with Crippen molar-refractivity contribution >= 4 is 33.3 Å². The molecule has 4 nitrogen and oxygen atoms in total. The van der Waals surface area contributed by atoms with E-state index in [0.29, 0.717) is 10.2 Å². The first kappa shape index (κ1) is 19.5. The van der Waals surface area contributed by atoms with Crippen molar-refractivity contribution in [2.24, 2.45) is 0 Å². The molecule has 0 radical (unpaired) electrons. The molecule has 2 atom stereocenters. The molecule has 0 fully saturated rings. The van der Waals surface area contributed by atoms with E-state index < -0.39 is 23.5 Å². The zero-order valence-corrected chi connectivity index (χ0v) is 16.8. The Kier molecular flexibility index (Phi) is 5.06. The number of anilines is 1. The molecular formula is C23H17BrFNO3. The Hall–Kier alpha value is -2.83. The van der Waals surface area contributed by atoms with Crippen LogP contribution in [0.1, 0.15) is 21.5 Å². The molecular weight excluding hydrogens is 437 g/mol. The molecule has 0 bridgehead atoms. The van der Waals surface area contributed by atoms with Gasteiger partial charge in [0.2, 0.25) is 17.6 Å². The van der Waals surface area contributed by atoms with Gasteiger partial charge in [0.15, 0.2) is 0 Å². The number of Topliss-reactive ketones (excluding diaryl/α,β-unsaturated/α-hetero) is 1. The predicted molar refractivity (Wildman–Crippen MR) is 111 cm³/mol. The van der Waals surface area contributed by atoms with E-state index >= 15 is 4.39 Å². The first-order valence-corrected chi connectivity index (χ1v) is 9.84. The molecule has 1 heterocycles. The molecule has 3 aromatic carbocycles. The maximum atomic E-state index is 15.5. The number of carbonyl (C=O) groups is 2. The summed E-state index contributed by atoms with van der Waals surface area (Å²) >= 11 is 3.32. The van der Waals surface area contributed by atoms with Gasteiger partial charge >= 0.3 is 0 Å². The van der Waals surface area contributed by atoms with Crippen LogP contribution in [-0.2, 0) is 16.9 Å². The van der Waals surface area contributed by atoms with Crippen LogP contribution in [0, 0.1) is 0 Å². The van der Waals surface area contributed by atoms with Gasteiger partial charge in [0.1, 0.15) is 0 Å². The molecule has 0 unspecified atom stereocenters. The molecule has 3 aromatic rings. The Labute approximate surface area is 175 Å². The van der Waals surface area contributed by atoms with Gasteiger partial charge in [0.05, 0.1) is 12.2 Å². The Morgan fingerprint density at radius 3 is 2.28 bits per heavy atom. The van der Waals surface area contributed by atoms with Gasteiger partial charge in [0, 0.05) is 15.6 Å². The number of hydrogen-bond acceptors (Lipinski definition) is 3. The zero-order chi connectivity index (χ0) is 20.6. The lowest BCUT2D eigenvalue weighted by atomic mass is 9.86. The van der Waals surface area contributed by atoms with E-state index in [-0.39, 0.29) is 17.7 Å². The van der Waals surface area contributed by atoms with E-state index in [0.717, 1.165) is 5.56 Å². The van der Waals surface area contributed by atoms with Crippen LogP contribution in [0.25, 0.3) is 0 Å². The summed E-state index contributed by atoms with van der Waals surface area (Å²) in [7, 11) is 0. The number of fused-ring (bicyclic) bond motifs is 1. The molecule has 0 spiro atoms. The highest BCUT2D eigenvalue weighted by molar-refractivity contribution is 9.10. The number of halogens is 2. The van der Waals surface area contributed by atoms with E-state index in [1.54, 1.807) is 36.4 Å². The van der Waals surface area contributed by atoms with Crippen molar-refractivity contribution in [3.8, 4) is 0 Å². The highest BCUT2D eigenvalue weighted by Gasteiger charge is 2.58. The van der Waals surface area contributed by atoms with Crippen molar-refractivity contribution in [1.29, 1.82) is 0 Å². The van der Waals surface area contributed by atoms with Gasteiger partial charge in [-0.15, -0.1) is 0 Å². The first-order valence-electron chi connectivity index (χ1n) is 9.05. The van der Waals surface area contributed by atoms with E-state index in [9.17, 15) is 14.7 Å². The van der Waals surface area contributed by atoms with E-state index in [1.165, 1.54) is 17.0 Å². The summed E-state index contributed by atoms with van der Waals surface area (Å²) < 4.78 is 15.9. The molecule has 0 aromatic heterocycles. The van der Waals surface area contributed by atoms with E-state index in [2.05, 4.69) is 15.9 Å². The second-order valence-corrected chi connectivity index (χ2v) is 7.72. The van der Waals surface area contributed by atoms with Gasteiger partial charge in [-0.05, 0) is 17.7 Å². The monoisotopic (exact) mass is 453 g/mol. The van der Waals surface area contributed by atoms with Crippen molar-refractivity contribution in [3.05, 3.63) is 100 Å². The van der Waals surface area contributed by atoms with Crippen molar-refractivity contribution in [1.82, 2.24) is 0 Å². The minimum Gasteiger partial charge on any atom is -0.373 e. The molecule has 1 aliphatic rings. The van der Waals surface area contributed by atoms with Gasteiger partial charge in [-0.3, -0.25) is 9.59 Å². The second-order valence-electron chi connectivity index (χ2n) is 6.87. The summed E-state index contributed by atoms with van der Waals surface area (Å²) in [6.07, 6.45) is -2.45. The molecule has 1 N–H and O–H groups in total. The number of carbonyl (C=O) groups excluding carboxylic acids is 2. The number of alkyl halides is 1. The summed E-state index contributed by atoms with van der Waals surface area (Å²) in [5, 5.41) is 11.3. The quantitative estimate of drug-likeness (QED) is 0.582. The number of rotatable bonds is 5. The van der Waals surface area contributed by atoms with E-state index in [1.807, 2.05) is 30.3 Å². The highest BCUT2D eigenvalue weighted by Crippen LogP contribution is 2.48. The number of hydrogen-bond donors (Lipinski definition) is 1. The van der Waals surface area contributed by atoms with E-state index in [4.69, 9.17) is 0 Å². The third-order valence-corrected chi connectivity index (χ3v) is 5.73. The Morgan fingerprint density at radius 2 is 1.62 bits per heavy atom. The maximum absolute atomic E-state index is 15.5. The number of ketones is 1. The minimum atomic E-state index is -2.61. The third-order valence-electron chi connectivity index (χ3n) is 5.07. The third kappa shape index (κ3) is 3.18. The molecule has 29 heavy (non-hydrogen) atoms. The molecule has 4 rings (SSSR count). The Morgan fingerprint density at radius 1 is 1.00 bits per heavy atom. The number of benzene rings is 3. The van der Waals surface area contributed by atoms with Gasteiger partial charge in [0.25, 0.3) is 5.91 Å². The fraction of sp³-hybridized carbons (Fsp3) is 0.130.